The van der Waals surface area contributed by atoms with Gasteiger partial charge in [0.2, 0.25) is 0 Å². The standard InChI is InChI=1S/C14H20O2S/c1-5-16-13(15)12-9(2)10-8-14(3,4)7-6-11(10)17-12/h5-8H2,1-4H3. The maximum Gasteiger partial charge on any atom is 0.348 e. The molecule has 0 radical (unpaired) electrons. The zero-order chi connectivity index (χ0) is 12.6. The minimum absolute atomic E-state index is 0.151. The highest BCUT2D eigenvalue weighted by Gasteiger charge is 2.30. The smallest absolute Gasteiger partial charge is 0.348 e. The van der Waals surface area contributed by atoms with Crippen LogP contribution < -0.4 is 0 Å². The van der Waals surface area contributed by atoms with E-state index in [1.807, 2.05) is 6.92 Å². The molecular weight excluding hydrogens is 232 g/mol. The predicted octanol–water partition coefficient (Wildman–Crippen LogP) is 3.75. The molecule has 0 aromatic carbocycles. The first-order valence-corrected chi connectivity index (χ1v) is 7.04. The second-order valence-electron chi connectivity index (χ2n) is 5.52. The molecule has 0 spiro atoms. The SMILES string of the molecule is CCOC(=O)c1sc2c(c1C)CC(C)(C)CC2. The molecule has 2 nitrogen and oxygen atoms in total. The lowest BCUT2D eigenvalue weighted by atomic mass is 9.76. The van der Waals surface area contributed by atoms with Gasteiger partial charge in [-0.3, -0.25) is 0 Å². The van der Waals surface area contributed by atoms with Crippen molar-refractivity contribution in [1.29, 1.82) is 0 Å². The predicted molar refractivity (Wildman–Crippen MR) is 70.8 cm³/mol. The summed E-state index contributed by atoms with van der Waals surface area (Å²) in [6, 6.07) is 0. The Hall–Kier alpha value is -0.830. The van der Waals surface area contributed by atoms with Gasteiger partial charge in [-0.2, -0.15) is 0 Å². The van der Waals surface area contributed by atoms with Crippen molar-refractivity contribution in [3.8, 4) is 0 Å². The van der Waals surface area contributed by atoms with Crippen LogP contribution in [0.3, 0.4) is 0 Å². The van der Waals surface area contributed by atoms with E-state index in [9.17, 15) is 4.79 Å². The number of carbonyl (C=O) groups is 1. The van der Waals surface area contributed by atoms with Crippen LogP contribution in [0.25, 0.3) is 0 Å². The number of aryl methyl sites for hydroxylation is 1. The first-order chi connectivity index (χ1) is 7.94. The van der Waals surface area contributed by atoms with Gasteiger partial charge in [-0.1, -0.05) is 13.8 Å². The van der Waals surface area contributed by atoms with Gasteiger partial charge in [-0.05, 0) is 49.7 Å². The summed E-state index contributed by atoms with van der Waals surface area (Å²) in [5.74, 6) is -0.151. The summed E-state index contributed by atoms with van der Waals surface area (Å²) in [5.41, 5.74) is 2.91. The van der Waals surface area contributed by atoms with Crippen molar-refractivity contribution in [1.82, 2.24) is 0 Å². The Morgan fingerprint density at radius 2 is 2.18 bits per heavy atom. The molecule has 0 saturated carbocycles. The summed E-state index contributed by atoms with van der Waals surface area (Å²) in [4.78, 5) is 14.0. The Kier molecular flexibility index (Phi) is 3.30. The van der Waals surface area contributed by atoms with Crippen molar-refractivity contribution in [3.63, 3.8) is 0 Å². The average Bonchev–Trinajstić information content (AvgIpc) is 2.55. The highest BCUT2D eigenvalue weighted by Crippen LogP contribution is 2.41. The van der Waals surface area contributed by atoms with Gasteiger partial charge >= 0.3 is 5.97 Å². The first-order valence-electron chi connectivity index (χ1n) is 6.23. The van der Waals surface area contributed by atoms with Crippen LogP contribution in [0, 0.1) is 12.3 Å². The lowest BCUT2D eigenvalue weighted by molar-refractivity contribution is 0.0531. The number of hydrogen-bond donors (Lipinski definition) is 0. The maximum atomic E-state index is 11.8. The van der Waals surface area contributed by atoms with Gasteiger partial charge in [0.05, 0.1) is 6.61 Å². The fourth-order valence-corrected chi connectivity index (χ4v) is 3.67. The van der Waals surface area contributed by atoms with E-state index < -0.39 is 0 Å². The Labute approximate surface area is 107 Å². The summed E-state index contributed by atoms with van der Waals surface area (Å²) in [6.45, 7) is 8.97. The first kappa shape index (κ1) is 12.6. The molecule has 0 unspecified atom stereocenters. The molecule has 1 aromatic rings. The zero-order valence-corrected chi connectivity index (χ0v) is 11.9. The quantitative estimate of drug-likeness (QED) is 0.749. The average molecular weight is 252 g/mol. The Morgan fingerprint density at radius 1 is 1.47 bits per heavy atom. The molecular formula is C14H20O2S. The number of esters is 1. The van der Waals surface area contributed by atoms with Crippen LogP contribution in [0.4, 0.5) is 0 Å². The molecule has 1 aliphatic rings. The molecule has 1 aliphatic carbocycles. The van der Waals surface area contributed by atoms with Crippen LogP contribution in [-0.4, -0.2) is 12.6 Å². The van der Waals surface area contributed by atoms with Crippen molar-refractivity contribution in [3.05, 3.63) is 20.9 Å². The van der Waals surface area contributed by atoms with Gasteiger partial charge in [0.15, 0.2) is 0 Å². The number of rotatable bonds is 2. The van der Waals surface area contributed by atoms with E-state index in [1.165, 1.54) is 16.9 Å². The van der Waals surface area contributed by atoms with Crippen molar-refractivity contribution in [2.24, 2.45) is 5.41 Å². The van der Waals surface area contributed by atoms with Crippen LogP contribution in [0.1, 0.15) is 52.9 Å². The lowest BCUT2D eigenvalue weighted by Crippen LogP contribution is -2.21. The molecule has 0 aliphatic heterocycles. The van der Waals surface area contributed by atoms with Gasteiger partial charge in [0.25, 0.3) is 0 Å². The van der Waals surface area contributed by atoms with E-state index >= 15 is 0 Å². The summed E-state index contributed by atoms with van der Waals surface area (Å²) < 4.78 is 5.11. The van der Waals surface area contributed by atoms with Crippen molar-refractivity contribution in [2.45, 2.75) is 47.0 Å². The normalized spacial score (nSPS) is 17.6. The number of ether oxygens (including phenoxy) is 1. The van der Waals surface area contributed by atoms with Gasteiger partial charge < -0.3 is 4.74 Å². The lowest BCUT2D eigenvalue weighted by Gasteiger charge is -2.29. The molecule has 0 N–H and O–H groups in total. The molecule has 0 atom stereocenters. The van der Waals surface area contributed by atoms with Gasteiger partial charge in [-0.25, -0.2) is 4.79 Å². The molecule has 2 rings (SSSR count). The number of hydrogen-bond acceptors (Lipinski definition) is 3. The van der Waals surface area contributed by atoms with E-state index in [-0.39, 0.29) is 5.97 Å². The van der Waals surface area contributed by atoms with E-state index in [2.05, 4.69) is 20.8 Å². The summed E-state index contributed by atoms with van der Waals surface area (Å²) in [6.07, 6.45) is 3.40. The number of carbonyl (C=O) groups excluding carboxylic acids is 1. The Bertz CT molecular complexity index is 443. The monoisotopic (exact) mass is 252 g/mol. The minimum Gasteiger partial charge on any atom is -0.462 e. The highest BCUT2D eigenvalue weighted by molar-refractivity contribution is 7.14. The second kappa shape index (κ2) is 4.45. The summed E-state index contributed by atoms with van der Waals surface area (Å²) in [7, 11) is 0. The molecule has 1 aromatic heterocycles. The summed E-state index contributed by atoms with van der Waals surface area (Å²) >= 11 is 1.64. The van der Waals surface area contributed by atoms with Gasteiger partial charge in [0.1, 0.15) is 4.88 Å². The third-order valence-electron chi connectivity index (χ3n) is 3.50. The van der Waals surface area contributed by atoms with Crippen LogP contribution in [0.15, 0.2) is 0 Å². The molecule has 0 saturated heterocycles. The fourth-order valence-electron chi connectivity index (χ4n) is 2.45. The second-order valence-corrected chi connectivity index (χ2v) is 6.62. The molecule has 0 amide bonds. The molecule has 17 heavy (non-hydrogen) atoms. The summed E-state index contributed by atoms with van der Waals surface area (Å²) in [5, 5.41) is 0. The minimum atomic E-state index is -0.151. The molecule has 0 bridgehead atoms. The third-order valence-corrected chi connectivity index (χ3v) is 4.87. The molecule has 3 heteroatoms. The van der Waals surface area contributed by atoms with E-state index in [1.54, 1.807) is 11.3 Å². The number of thiophene rings is 1. The van der Waals surface area contributed by atoms with Crippen LogP contribution in [0.2, 0.25) is 0 Å². The molecule has 0 fully saturated rings. The van der Waals surface area contributed by atoms with E-state index in [4.69, 9.17) is 4.74 Å². The van der Waals surface area contributed by atoms with Gasteiger partial charge in [-0.15, -0.1) is 11.3 Å². The largest absolute Gasteiger partial charge is 0.462 e. The maximum absolute atomic E-state index is 11.8. The van der Waals surface area contributed by atoms with Crippen molar-refractivity contribution < 1.29 is 9.53 Å². The van der Waals surface area contributed by atoms with Gasteiger partial charge in [0, 0.05) is 4.88 Å². The van der Waals surface area contributed by atoms with Crippen LogP contribution >= 0.6 is 11.3 Å². The fraction of sp³-hybridized carbons (Fsp3) is 0.643. The molecule has 1 heterocycles. The Morgan fingerprint density at radius 3 is 2.82 bits per heavy atom. The van der Waals surface area contributed by atoms with Crippen LogP contribution in [0.5, 0.6) is 0 Å². The third kappa shape index (κ3) is 2.39. The van der Waals surface area contributed by atoms with E-state index in [0.717, 1.165) is 23.3 Å². The van der Waals surface area contributed by atoms with Crippen molar-refractivity contribution in [2.75, 3.05) is 6.61 Å². The van der Waals surface area contributed by atoms with Crippen molar-refractivity contribution >= 4 is 17.3 Å². The highest BCUT2D eigenvalue weighted by atomic mass is 32.1. The number of fused-ring (bicyclic) bond motifs is 1. The Balaban J connectivity index is 2.34. The topological polar surface area (TPSA) is 26.3 Å². The zero-order valence-electron chi connectivity index (χ0n) is 11.1. The van der Waals surface area contributed by atoms with E-state index in [0.29, 0.717) is 12.0 Å². The molecule has 94 valence electrons. The van der Waals surface area contributed by atoms with Crippen LogP contribution in [-0.2, 0) is 17.6 Å².